The molecule has 2 aromatic rings. The number of imidazole rings is 1. The van der Waals surface area contributed by atoms with E-state index in [-0.39, 0.29) is 6.04 Å². The number of hydrogen-bond donors (Lipinski definition) is 1. The smallest absolute Gasteiger partial charge is 0.0947 e. The molecule has 0 saturated carbocycles. The highest BCUT2D eigenvalue weighted by molar-refractivity contribution is 9.10. The van der Waals surface area contributed by atoms with Crippen molar-refractivity contribution >= 4 is 27.3 Å². The molecule has 1 atom stereocenters. The van der Waals surface area contributed by atoms with Gasteiger partial charge in [0.25, 0.3) is 0 Å². The lowest BCUT2D eigenvalue weighted by atomic mass is 10.1. The maximum Gasteiger partial charge on any atom is 0.0947 e. The van der Waals surface area contributed by atoms with Crippen LogP contribution in [0.3, 0.4) is 0 Å². The molecule has 5 heteroatoms. The number of rotatable bonds is 4. The fraction of sp³-hybridized carbons (Fsp3) is 0.364. The van der Waals surface area contributed by atoms with Gasteiger partial charge in [-0.25, -0.2) is 4.98 Å². The van der Waals surface area contributed by atoms with E-state index in [1.54, 1.807) is 11.3 Å². The van der Waals surface area contributed by atoms with E-state index in [0.29, 0.717) is 0 Å². The third kappa shape index (κ3) is 2.53. The van der Waals surface area contributed by atoms with E-state index in [2.05, 4.69) is 43.9 Å². The average Bonchev–Trinajstić information content (AvgIpc) is 2.85. The van der Waals surface area contributed by atoms with Crippen LogP contribution in [0.15, 0.2) is 28.4 Å². The third-order valence-electron chi connectivity index (χ3n) is 2.51. The van der Waals surface area contributed by atoms with Crippen LogP contribution in [-0.2, 0) is 13.5 Å². The van der Waals surface area contributed by atoms with Crippen molar-refractivity contribution < 1.29 is 0 Å². The molecule has 3 nitrogen and oxygen atoms in total. The van der Waals surface area contributed by atoms with Crippen molar-refractivity contribution in [2.45, 2.75) is 12.5 Å². The van der Waals surface area contributed by atoms with Crippen LogP contribution in [0.25, 0.3) is 0 Å². The summed E-state index contributed by atoms with van der Waals surface area (Å²) in [5, 5.41) is 5.41. The zero-order valence-corrected chi connectivity index (χ0v) is 11.7. The molecular formula is C11H14BrN3S. The SMILES string of the molecule is CNC(Cc1sccc1Br)c1cn(C)cn1. The molecule has 16 heavy (non-hydrogen) atoms. The first-order valence-corrected chi connectivity index (χ1v) is 6.75. The van der Waals surface area contributed by atoms with Gasteiger partial charge in [-0.1, -0.05) is 0 Å². The number of nitrogens with zero attached hydrogens (tertiary/aromatic N) is 2. The highest BCUT2D eigenvalue weighted by Crippen LogP contribution is 2.27. The molecular weight excluding hydrogens is 286 g/mol. The quantitative estimate of drug-likeness (QED) is 0.941. The lowest BCUT2D eigenvalue weighted by Gasteiger charge is -2.12. The normalized spacial score (nSPS) is 12.9. The first kappa shape index (κ1) is 11.8. The van der Waals surface area contributed by atoms with Crippen LogP contribution >= 0.6 is 27.3 Å². The minimum Gasteiger partial charge on any atom is -0.340 e. The van der Waals surface area contributed by atoms with E-state index in [0.717, 1.165) is 12.1 Å². The number of halogens is 1. The van der Waals surface area contributed by atoms with Gasteiger partial charge in [0.2, 0.25) is 0 Å². The molecule has 1 N–H and O–H groups in total. The monoisotopic (exact) mass is 299 g/mol. The average molecular weight is 300 g/mol. The van der Waals surface area contributed by atoms with Crippen LogP contribution in [0.4, 0.5) is 0 Å². The highest BCUT2D eigenvalue weighted by Gasteiger charge is 2.14. The topological polar surface area (TPSA) is 29.9 Å². The predicted octanol–water partition coefficient (Wildman–Crippen LogP) is 2.75. The summed E-state index contributed by atoms with van der Waals surface area (Å²) in [6.07, 6.45) is 4.86. The number of nitrogens with one attached hydrogen (secondary N) is 1. The van der Waals surface area contributed by atoms with Crippen molar-refractivity contribution in [3.8, 4) is 0 Å². The number of thiophene rings is 1. The van der Waals surface area contributed by atoms with Gasteiger partial charge in [-0.2, -0.15) is 0 Å². The second-order valence-corrected chi connectivity index (χ2v) is 5.56. The van der Waals surface area contributed by atoms with E-state index in [9.17, 15) is 0 Å². The van der Waals surface area contributed by atoms with E-state index in [1.165, 1.54) is 9.35 Å². The summed E-state index contributed by atoms with van der Waals surface area (Å²) in [6, 6.07) is 2.36. The van der Waals surface area contributed by atoms with E-state index in [1.807, 2.05) is 25.0 Å². The summed E-state index contributed by atoms with van der Waals surface area (Å²) in [5.74, 6) is 0. The van der Waals surface area contributed by atoms with Crippen molar-refractivity contribution in [1.82, 2.24) is 14.9 Å². The number of aromatic nitrogens is 2. The summed E-state index contributed by atoms with van der Waals surface area (Å²) in [7, 11) is 3.96. The Kier molecular flexibility index (Phi) is 3.78. The van der Waals surface area contributed by atoms with Gasteiger partial charge in [0.05, 0.1) is 18.1 Å². The summed E-state index contributed by atoms with van der Waals surface area (Å²) < 4.78 is 3.16. The van der Waals surface area contributed by atoms with Crippen LogP contribution in [0.2, 0.25) is 0 Å². The summed E-state index contributed by atoms with van der Waals surface area (Å²) in [5.41, 5.74) is 1.09. The molecule has 2 aromatic heterocycles. The Morgan fingerprint density at radius 1 is 1.62 bits per heavy atom. The Morgan fingerprint density at radius 3 is 2.94 bits per heavy atom. The minimum atomic E-state index is 0.274. The molecule has 0 spiro atoms. The zero-order valence-electron chi connectivity index (χ0n) is 9.27. The van der Waals surface area contributed by atoms with Crippen molar-refractivity contribution in [2.75, 3.05) is 7.05 Å². The molecule has 0 aliphatic heterocycles. The molecule has 0 fully saturated rings. The van der Waals surface area contributed by atoms with Gasteiger partial charge < -0.3 is 9.88 Å². The summed E-state index contributed by atoms with van der Waals surface area (Å²) in [4.78, 5) is 5.74. The second kappa shape index (κ2) is 5.12. The largest absolute Gasteiger partial charge is 0.340 e. The van der Waals surface area contributed by atoms with Crippen molar-refractivity contribution in [3.05, 3.63) is 39.0 Å². The molecule has 2 heterocycles. The molecule has 0 saturated heterocycles. The van der Waals surface area contributed by atoms with Gasteiger partial charge >= 0.3 is 0 Å². The maximum atomic E-state index is 4.39. The van der Waals surface area contributed by atoms with E-state index < -0.39 is 0 Å². The predicted molar refractivity (Wildman–Crippen MR) is 70.7 cm³/mol. The standard InChI is InChI=1S/C11H14BrN3S/c1-13-9(10-6-15(2)7-14-10)5-11-8(12)3-4-16-11/h3-4,6-7,9,13H,5H2,1-2H3. The summed E-state index contributed by atoms with van der Waals surface area (Å²) in [6.45, 7) is 0. The van der Waals surface area contributed by atoms with Gasteiger partial charge in [0.15, 0.2) is 0 Å². The zero-order chi connectivity index (χ0) is 11.5. The van der Waals surface area contributed by atoms with Crippen molar-refractivity contribution in [3.63, 3.8) is 0 Å². The Hall–Kier alpha value is -0.650. The molecule has 86 valence electrons. The summed E-state index contributed by atoms with van der Waals surface area (Å²) >= 11 is 5.33. The minimum absolute atomic E-state index is 0.274. The molecule has 0 aromatic carbocycles. The molecule has 2 rings (SSSR count). The van der Waals surface area contributed by atoms with Crippen LogP contribution in [0, 0.1) is 0 Å². The molecule has 0 bridgehead atoms. The van der Waals surface area contributed by atoms with Crippen molar-refractivity contribution in [2.24, 2.45) is 7.05 Å². The number of likely N-dealkylation sites (N-methyl/N-ethyl adjacent to an activating group) is 1. The van der Waals surface area contributed by atoms with E-state index >= 15 is 0 Å². The van der Waals surface area contributed by atoms with Crippen LogP contribution in [-0.4, -0.2) is 16.6 Å². The highest BCUT2D eigenvalue weighted by atomic mass is 79.9. The van der Waals surface area contributed by atoms with Gasteiger partial charge in [0, 0.05) is 29.0 Å². The molecule has 1 unspecified atom stereocenters. The van der Waals surface area contributed by atoms with Gasteiger partial charge in [0.1, 0.15) is 0 Å². The maximum absolute atomic E-state index is 4.39. The fourth-order valence-corrected chi connectivity index (χ4v) is 3.18. The Bertz CT molecular complexity index is 463. The third-order valence-corrected chi connectivity index (χ3v) is 4.46. The van der Waals surface area contributed by atoms with Gasteiger partial charge in [-0.05, 0) is 34.4 Å². The van der Waals surface area contributed by atoms with Gasteiger partial charge in [-0.15, -0.1) is 11.3 Å². The van der Waals surface area contributed by atoms with Crippen molar-refractivity contribution in [1.29, 1.82) is 0 Å². The molecule has 0 aliphatic rings. The molecule has 0 amide bonds. The lowest BCUT2D eigenvalue weighted by molar-refractivity contribution is 0.581. The molecule has 0 aliphatic carbocycles. The van der Waals surface area contributed by atoms with Crippen LogP contribution < -0.4 is 5.32 Å². The van der Waals surface area contributed by atoms with Gasteiger partial charge in [-0.3, -0.25) is 0 Å². The van der Waals surface area contributed by atoms with Crippen LogP contribution in [0.5, 0.6) is 0 Å². The number of aryl methyl sites for hydroxylation is 1. The van der Waals surface area contributed by atoms with E-state index in [4.69, 9.17) is 0 Å². The fourth-order valence-electron chi connectivity index (χ4n) is 1.62. The molecule has 0 radical (unpaired) electrons. The lowest BCUT2D eigenvalue weighted by Crippen LogP contribution is -2.18. The Morgan fingerprint density at radius 2 is 2.44 bits per heavy atom. The number of hydrogen-bond acceptors (Lipinski definition) is 3. The Labute approximate surface area is 108 Å². The first-order chi connectivity index (χ1) is 7.70. The second-order valence-electron chi connectivity index (χ2n) is 3.70. The first-order valence-electron chi connectivity index (χ1n) is 5.07. The van der Waals surface area contributed by atoms with Crippen LogP contribution in [0.1, 0.15) is 16.6 Å². The Balaban J connectivity index is 2.15.